The van der Waals surface area contributed by atoms with Crippen LogP contribution in [0.25, 0.3) is 0 Å². The molecule has 0 unspecified atom stereocenters. The highest BCUT2D eigenvalue weighted by Gasteiger charge is 2.41. The van der Waals surface area contributed by atoms with Gasteiger partial charge in [0.25, 0.3) is 0 Å². The van der Waals surface area contributed by atoms with Crippen molar-refractivity contribution >= 4 is 19.5 Å². The molecule has 1 aliphatic carbocycles. The summed E-state index contributed by atoms with van der Waals surface area (Å²) < 4.78 is 23.9. The van der Waals surface area contributed by atoms with E-state index < -0.39 is 0 Å². The molecule has 6 heteroatoms. The Morgan fingerprint density at radius 1 is 1.12 bits per heavy atom. The molecule has 2 rings (SSSR count). The number of halogens is 1. The van der Waals surface area contributed by atoms with E-state index in [-0.39, 0.29) is 11.8 Å². The van der Waals surface area contributed by atoms with Crippen LogP contribution in [0.4, 0.5) is 4.39 Å². The van der Waals surface area contributed by atoms with E-state index >= 15 is 0 Å². The second kappa shape index (κ2) is 20.2. The smallest absolute Gasteiger partial charge is 0.302 e. The van der Waals surface area contributed by atoms with Crippen LogP contribution in [0.2, 0.25) is 0 Å². The maximum Gasteiger partial charge on any atom is 0.302 e. The molecule has 0 N–H and O–H groups in total. The minimum Gasteiger partial charge on any atom is -0.491 e. The monoisotopic (exact) mass is 482 g/mol. The average molecular weight is 483 g/mol. The van der Waals surface area contributed by atoms with E-state index in [1.54, 1.807) is 6.07 Å². The summed E-state index contributed by atoms with van der Waals surface area (Å²) >= 11 is 0. The summed E-state index contributed by atoms with van der Waals surface area (Å²) in [4.78, 5) is 26.1. The molecule has 0 bridgehead atoms. The van der Waals surface area contributed by atoms with Crippen LogP contribution in [-0.4, -0.2) is 32.8 Å². The first-order valence-electron chi connectivity index (χ1n) is 12.3. The van der Waals surface area contributed by atoms with Crippen LogP contribution < -0.4 is 4.74 Å². The fourth-order valence-electron chi connectivity index (χ4n) is 4.52. The average Bonchev–Trinajstić information content (AvgIpc) is 2.78. The summed E-state index contributed by atoms with van der Waals surface area (Å²) in [5, 5.41) is 0. The van der Waals surface area contributed by atoms with Crippen molar-refractivity contribution in [3.8, 4) is 5.75 Å². The third-order valence-corrected chi connectivity index (χ3v) is 5.73. The lowest BCUT2D eigenvalue weighted by atomic mass is 9.57. The Balaban J connectivity index is 0. The molecule has 1 aromatic carbocycles. The molecule has 0 radical (unpaired) electrons. The van der Waals surface area contributed by atoms with Gasteiger partial charge in [-0.1, -0.05) is 46.6 Å². The van der Waals surface area contributed by atoms with Gasteiger partial charge in [0.1, 0.15) is 13.6 Å². The number of carbonyl (C=O) groups is 3. The van der Waals surface area contributed by atoms with Crippen molar-refractivity contribution in [2.24, 2.45) is 17.3 Å². The molecule has 1 saturated carbocycles. The van der Waals surface area contributed by atoms with Crippen molar-refractivity contribution in [2.45, 2.75) is 92.9 Å². The molecule has 1 fully saturated rings. The molecular weight excluding hydrogens is 435 g/mol. The summed E-state index contributed by atoms with van der Waals surface area (Å²) in [5.41, 5.74) is 1.58. The highest BCUT2D eigenvalue weighted by molar-refractivity contribution is 5.65. The lowest BCUT2D eigenvalue weighted by Crippen LogP contribution is -2.37. The lowest BCUT2D eigenvalue weighted by molar-refractivity contribution is -0.142. The standard InChI is InChI=1S/C20H31FO.C6H12O2.2CH2O/c1-4-10-20(11-5-2)14-17(15-20)7-6-12-22-19-9-8-16(3)13-18(19)21;1-5(2)4-8-6(3)7;2*1-2/h8-9,13,17H,4-7,10-12,14-15H2,1-3H3;5H,4H2,1-3H3;2*1H2. The maximum absolute atomic E-state index is 13.7. The van der Waals surface area contributed by atoms with Gasteiger partial charge in [-0.25, -0.2) is 4.39 Å². The summed E-state index contributed by atoms with van der Waals surface area (Å²) in [6.07, 6.45) is 10.5. The molecule has 5 nitrogen and oxygen atoms in total. The van der Waals surface area contributed by atoms with Crippen LogP contribution >= 0.6 is 0 Å². The second-order valence-corrected chi connectivity index (χ2v) is 9.40. The van der Waals surface area contributed by atoms with Gasteiger partial charge in [-0.05, 0) is 80.4 Å². The molecule has 34 heavy (non-hydrogen) atoms. The Kier molecular flexibility index (Phi) is 20.1. The van der Waals surface area contributed by atoms with E-state index in [1.807, 2.05) is 40.4 Å². The van der Waals surface area contributed by atoms with E-state index in [0.29, 0.717) is 30.3 Å². The first-order chi connectivity index (χ1) is 16.2. The zero-order valence-corrected chi connectivity index (χ0v) is 22.3. The van der Waals surface area contributed by atoms with Crippen molar-refractivity contribution < 1.29 is 28.2 Å². The van der Waals surface area contributed by atoms with E-state index in [4.69, 9.17) is 14.3 Å². The molecule has 0 amide bonds. The van der Waals surface area contributed by atoms with Gasteiger partial charge in [0.15, 0.2) is 11.6 Å². The van der Waals surface area contributed by atoms with Crippen molar-refractivity contribution in [2.75, 3.05) is 13.2 Å². The van der Waals surface area contributed by atoms with Crippen LogP contribution in [0.1, 0.15) is 91.5 Å². The molecule has 0 saturated heterocycles. The lowest BCUT2D eigenvalue weighted by Gasteiger charge is -2.48. The van der Waals surface area contributed by atoms with Gasteiger partial charge in [-0.3, -0.25) is 4.79 Å². The van der Waals surface area contributed by atoms with Crippen LogP contribution in [0.3, 0.4) is 0 Å². The number of aryl methyl sites for hydroxylation is 1. The zero-order valence-electron chi connectivity index (χ0n) is 22.3. The minimum atomic E-state index is -0.242. The molecule has 196 valence electrons. The fraction of sp³-hybridized carbons (Fsp3) is 0.679. The molecule has 0 heterocycles. The third kappa shape index (κ3) is 14.8. The molecule has 0 aliphatic heterocycles. The number of ether oxygens (including phenoxy) is 2. The summed E-state index contributed by atoms with van der Waals surface area (Å²) in [6, 6.07) is 5.17. The van der Waals surface area contributed by atoms with Crippen LogP contribution in [0.5, 0.6) is 5.75 Å². The Hall–Kier alpha value is -2.24. The molecular formula is C28H47FO5. The number of carbonyl (C=O) groups excluding carboxylic acids is 3. The Labute approximate surface area is 206 Å². The molecule has 0 aromatic heterocycles. The van der Waals surface area contributed by atoms with Crippen LogP contribution in [0.15, 0.2) is 18.2 Å². The van der Waals surface area contributed by atoms with E-state index in [1.165, 1.54) is 57.9 Å². The maximum atomic E-state index is 13.7. The summed E-state index contributed by atoms with van der Waals surface area (Å²) in [7, 11) is 0. The number of rotatable bonds is 11. The first-order valence-corrected chi connectivity index (χ1v) is 12.3. The number of esters is 1. The minimum absolute atomic E-state index is 0.196. The highest BCUT2D eigenvalue weighted by atomic mass is 19.1. The van der Waals surface area contributed by atoms with Crippen LogP contribution in [-0.2, 0) is 19.1 Å². The van der Waals surface area contributed by atoms with Gasteiger partial charge in [0.05, 0.1) is 13.2 Å². The van der Waals surface area contributed by atoms with Gasteiger partial charge >= 0.3 is 5.97 Å². The first kappa shape index (κ1) is 33.9. The van der Waals surface area contributed by atoms with Gasteiger partial charge in [0, 0.05) is 6.92 Å². The van der Waals surface area contributed by atoms with Crippen molar-refractivity contribution in [1.82, 2.24) is 0 Å². The molecule has 1 aliphatic rings. The number of hydrogen-bond donors (Lipinski definition) is 0. The second-order valence-electron chi connectivity index (χ2n) is 9.40. The van der Waals surface area contributed by atoms with Crippen LogP contribution in [0, 0.1) is 30.0 Å². The van der Waals surface area contributed by atoms with Gasteiger partial charge in [-0.2, -0.15) is 0 Å². The summed E-state index contributed by atoms with van der Waals surface area (Å²) in [6.45, 7) is 17.1. The molecule has 0 spiro atoms. The largest absolute Gasteiger partial charge is 0.491 e. The van der Waals surface area contributed by atoms with Gasteiger partial charge in [-0.15, -0.1) is 0 Å². The van der Waals surface area contributed by atoms with E-state index in [9.17, 15) is 9.18 Å². The predicted molar refractivity (Wildman–Crippen MR) is 137 cm³/mol. The van der Waals surface area contributed by atoms with E-state index in [2.05, 4.69) is 18.6 Å². The van der Waals surface area contributed by atoms with Gasteiger partial charge in [0.2, 0.25) is 0 Å². The third-order valence-electron chi connectivity index (χ3n) is 5.73. The molecule has 0 atom stereocenters. The van der Waals surface area contributed by atoms with Crippen molar-refractivity contribution in [3.05, 3.63) is 29.6 Å². The highest BCUT2D eigenvalue weighted by Crippen LogP contribution is 2.53. The fourth-order valence-corrected chi connectivity index (χ4v) is 4.52. The predicted octanol–water partition coefficient (Wildman–Crippen LogP) is 7.13. The van der Waals surface area contributed by atoms with E-state index in [0.717, 1.165) is 17.9 Å². The Morgan fingerprint density at radius 2 is 1.68 bits per heavy atom. The quantitative estimate of drug-likeness (QED) is 0.248. The number of hydrogen-bond acceptors (Lipinski definition) is 5. The topological polar surface area (TPSA) is 69.7 Å². The number of benzene rings is 1. The zero-order chi connectivity index (χ0) is 26.6. The molecule has 1 aromatic rings. The summed E-state index contributed by atoms with van der Waals surface area (Å²) in [5.74, 6) is 1.27. The SMILES string of the molecule is C=O.C=O.CC(=O)OCC(C)C.CCCC1(CCC)CC(CCCOc2ccc(C)cc2F)C1. The Morgan fingerprint density at radius 3 is 2.09 bits per heavy atom. The van der Waals surface area contributed by atoms with Gasteiger partial charge < -0.3 is 19.1 Å². The Bertz CT molecular complexity index is 646. The normalized spacial score (nSPS) is 13.6. The van der Waals surface area contributed by atoms with Crippen molar-refractivity contribution in [1.29, 1.82) is 0 Å². The van der Waals surface area contributed by atoms with Crippen molar-refractivity contribution in [3.63, 3.8) is 0 Å².